The van der Waals surface area contributed by atoms with E-state index in [1.54, 1.807) is 21.9 Å². The van der Waals surface area contributed by atoms with E-state index >= 15 is 0 Å². The minimum absolute atomic E-state index is 0.0312. The Bertz CT molecular complexity index is 913. The Kier molecular flexibility index (Phi) is 6.87. The van der Waals surface area contributed by atoms with Crippen molar-refractivity contribution in [2.75, 3.05) is 24.5 Å². The van der Waals surface area contributed by atoms with Crippen molar-refractivity contribution in [3.63, 3.8) is 0 Å². The number of likely N-dealkylation sites (tertiary alicyclic amines) is 1. The van der Waals surface area contributed by atoms with Crippen molar-refractivity contribution >= 4 is 27.5 Å². The van der Waals surface area contributed by atoms with Gasteiger partial charge in [0, 0.05) is 31.7 Å². The molecule has 0 unspecified atom stereocenters. The molecule has 0 aliphatic carbocycles. The van der Waals surface area contributed by atoms with Gasteiger partial charge in [0.15, 0.2) is 0 Å². The first kappa shape index (κ1) is 22.7. The van der Waals surface area contributed by atoms with Crippen LogP contribution in [0.15, 0.2) is 23.1 Å². The van der Waals surface area contributed by atoms with Gasteiger partial charge >= 0.3 is 0 Å². The number of carbonyl (C=O) groups excluding carboxylic acids is 2. The summed E-state index contributed by atoms with van der Waals surface area (Å²) in [6.45, 7) is 9.56. The van der Waals surface area contributed by atoms with Gasteiger partial charge in [-0.15, -0.1) is 0 Å². The molecule has 2 aliphatic heterocycles. The molecular weight excluding hydrogens is 402 g/mol. The quantitative estimate of drug-likeness (QED) is 0.744. The normalized spacial score (nSPS) is 20.4. The number of anilines is 1. The lowest BCUT2D eigenvalue weighted by Crippen LogP contribution is -2.53. The van der Waals surface area contributed by atoms with Gasteiger partial charge in [0.25, 0.3) is 0 Å². The third kappa shape index (κ3) is 4.70. The fraction of sp³-hybridized carbons (Fsp3) is 0.636. The summed E-state index contributed by atoms with van der Waals surface area (Å²) < 4.78 is 28.9. The number of piperidine rings is 1. The average Bonchev–Trinajstić information content (AvgIpc) is 3.14. The fourth-order valence-electron chi connectivity index (χ4n) is 4.29. The number of carbonyl (C=O) groups is 2. The van der Waals surface area contributed by atoms with Crippen LogP contribution < -0.4 is 9.62 Å². The van der Waals surface area contributed by atoms with E-state index in [2.05, 4.69) is 11.6 Å². The molecule has 1 N–H and O–H groups in total. The largest absolute Gasteiger partial charge is 0.341 e. The maximum absolute atomic E-state index is 13.1. The Balaban J connectivity index is 1.80. The number of nitrogens with one attached hydrogen (secondary N) is 1. The number of sulfonamides is 1. The first-order chi connectivity index (χ1) is 14.1. The topological polar surface area (TPSA) is 86.8 Å². The third-order valence-electron chi connectivity index (χ3n) is 6.04. The lowest BCUT2D eigenvalue weighted by molar-refractivity contribution is -0.135. The molecule has 166 valence electrons. The van der Waals surface area contributed by atoms with E-state index in [1.165, 1.54) is 6.07 Å². The molecule has 2 amide bonds. The molecule has 1 fully saturated rings. The molecule has 1 aromatic carbocycles. The predicted octanol–water partition coefficient (Wildman–Crippen LogP) is 2.55. The molecule has 0 aromatic heterocycles. The first-order valence-electron chi connectivity index (χ1n) is 10.9. The lowest BCUT2D eigenvalue weighted by Gasteiger charge is -2.34. The minimum Gasteiger partial charge on any atom is -0.341 e. The predicted molar refractivity (Wildman–Crippen MR) is 117 cm³/mol. The Morgan fingerprint density at radius 1 is 1.23 bits per heavy atom. The smallest absolute Gasteiger partial charge is 0.241 e. The van der Waals surface area contributed by atoms with E-state index in [0.717, 1.165) is 24.1 Å². The maximum atomic E-state index is 13.1. The van der Waals surface area contributed by atoms with Gasteiger partial charge in [-0.1, -0.05) is 27.7 Å². The average molecular weight is 436 g/mol. The molecule has 1 saturated heterocycles. The molecule has 30 heavy (non-hydrogen) atoms. The van der Waals surface area contributed by atoms with Crippen LogP contribution in [-0.2, 0) is 26.0 Å². The fourth-order valence-corrected chi connectivity index (χ4v) is 5.68. The van der Waals surface area contributed by atoms with E-state index in [4.69, 9.17) is 0 Å². The number of nitrogens with zero attached hydrogens (tertiary/aromatic N) is 2. The number of fused-ring (bicyclic) bond motifs is 1. The molecule has 2 heterocycles. The van der Waals surface area contributed by atoms with Crippen LogP contribution in [0.2, 0.25) is 0 Å². The monoisotopic (exact) mass is 435 g/mol. The standard InChI is InChI=1S/C22H33N3O4S/c1-5-20(26)25-12-10-17-13-18(8-9-19(17)25)30(28,29)23-21(15(2)3)22(27)24-11-6-7-16(4)14-24/h8-9,13,15-16,21,23H,5-7,10-12,14H2,1-4H3/t16-,21+/m1/s1. The number of hydrogen-bond donors (Lipinski definition) is 1. The molecule has 7 nitrogen and oxygen atoms in total. The number of hydrogen-bond acceptors (Lipinski definition) is 4. The van der Waals surface area contributed by atoms with E-state index in [1.807, 2.05) is 20.8 Å². The van der Waals surface area contributed by atoms with Gasteiger partial charge in [-0.05, 0) is 54.9 Å². The number of amides is 2. The lowest BCUT2D eigenvalue weighted by atomic mass is 9.97. The molecule has 0 spiro atoms. The summed E-state index contributed by atoms with van der Waals surface area (Å²) in [5, 5.41) is 0. The second-order valence-corrected chi connectivity index (χ2v) is 10.5. The summed E-state index contributed by atoms with van der Waals surface area (Å²) in [5.41, 5.74) is 1.62. The molecule has 2 atom stereocenters. The molecule has 3 rings (SSSR count). The summed E-state index contributed by atoms with van der Waals surface area (Å²) in [4.78, 5) is 28.8. The van der Waals surface area contributed by atoms with Gasteiger partial charge in [-0.25, -0.2) is 8.42 Å². The summed E-state index contributed by atoms with van der Waals surface area (Å²) in [5.74, 6) is 0.138. The van der Waals surface area contributed by atoms with Crippen LogP contribution in [0.3, 0.4) is 0 Å². The molecule has 2 aliphatic rings. The summed E-state index contributed by atoms with van der Waals surface area (Å²) in [7, 11) is -3.87. The van der Waals surface area contributed by atoms with Crippen molar-refractivity contribution in [3.05, 3.63) is 23.8 Å². The van der Waals surface area contributed by atoms with Gasteiger partial charge in [0.05, 0.1) is 4.90 Å². The van der Waals surface area contributed by atoms with Crippen molar-refractivity contribution in [1.82, 2.24) is 9.62 Å². The molecule has 0 bridgehead atoms. The molecule has 0 saturated carbocycles. The highest BCUT2D eigenvalue weighted by Gasteiger charge is 2.34. The SMILES string of the molecule is CCC(=O)N1CCc2cc(S(=O)(=O)N[C@H](C(=O)N3CCC[C@@H](C)C3)C(C)C)ccc21. The molecule has 8 heteroatoms. The summed E-state index contributed by atoms with van der Waals surface area (Å²) in [6.07, 6.45) is 3.08. The van der Waals surface area contributed by atoms with E-state index < -0.39 is 16.1 Å². The van der Waals surface area contributed by atoms with Crippen LogP contribution in [0.5, 0.6) is 0 Å². The highest BCUT2D eigenvalue weighted by molar-refractivity contribution is 7.89. The third-order valence-corrected chi connectivity index (χ3v) is 7.48. The zero-order valence-corrected chi connectivity index (χ0v) is 19.2. The Labute approximate surface area is 179 Å². The van der Waals surface area contributed by atoms with Crippen LogP contribution in [-0.4, -0.2) is 50.8 Å². The molecule has 0 radical (unpaired) electrons. The highest BCUT2D eigenvalue weighted by atomic mass is 32.2. The van der Waals surface area contributed by atoms with Crippen molar-refractivity contribution in [3.8, 4) is 0 Å². The van der Waals surface area contributed by atoms with Gasteiger partial charge < -0.3 is 9.80 Å². The highest BCUT2D eigenvalue weighted by Crippen LogP contribution is 2.31. The molecular formula is C22H33N3O4S. The Morgan fingerprint density at radius 2 is 1.97 bits per heavy atom. The van der Waals surface area contributed by atoms with Crippen molar-refractivity contribution in [2.45, 2.75) is 64.3 Å². The minimum atomic E-state index is -3.87. The second kappa shape index (κ2) is 9.06. The van der Waals surface area contributed by atoms with Crippen LogP contribution in [0.1, 0.15) is 52.5 Å². The van der Waals surface area contributed by atoms with E-state index in [9.17, 15) is 18.0 Å². The van der Waals surface area contributed by atoms with Gasteiger partial charge in [-0.2, -0.15) is 4.72 Å². The van der Waals surface area contributed by atoms with Crippen LogP contribution >= 0.6 is 0 Å². The zero-order valence-electron chi connectivity index (χ0n) is 18.3. The first-order valence-corrected chi connectivity index (χ1v) is 12.4. The summed E-state index contributed by atoms with van der Waals surface area (Å²) in [6, 6.07) is 4.05. The summed E-state index contributed by atoms with van der Waals surface area (Å²) >= 11 is 0. The number of benzene rings is 1. The Hall–Kier alpha value is -1.93. The van der Waals surface area contributed by atoms with Crippen LogP contribution in [0, 0.1) is 11.8 Å². The van der Waals surface area contributed by atoms with Crippen molar-refractivity contribution in [2.24, 2.45) is 11.8 Å². The Morgan fingerprint density at radius 3 is 2.60 bits per heavy atom. The maximum Gasteiger partial charge on any atom is 0.241 e. The number of rotatable bonds is 6. The zero-order chi connectivity index (χ0) is 22.1. The van der Waals surface area contributed by atoms with Gasteiger partial charge in [-0.3, -0.25) is 9.59 Å². The van der Waals surface area contributed by atoms with Crippen LogP contribution in [0.25, 0.3) is 0 Å². The van der Waals surface area contributed by atoms with E-state index in [-0.39, 0.29) is 22.6 Å². The van der Waals surface area contributed by atoms with Crippen molar-refractivity contribution < 1.29 is 18.0 Å². The van der Waals surface area contributed by atoms with Crippen LogP contribution in [0.4, 0.5) is 5.69 Å². The second-order valence-electron chi connectivity index (χ2n) is 8.81. The molecule has 1 aromatic rings. The van der Waals surface area contributed by atoms with Crippen molar-refractivity contribution in [1.29, 1.82) is 0 Å². The van der Waals surface area contributed by atoms with Gasteiger partial charge in [0.2, 0.25) is 21.8 Å². The van der Waals surface area contributed by atoms with E-state index in [0.29, 0.717) is 38.4 Å². The van der Waals surface area contributed by atoms with Gasteiger partial charge in [0.1, 0.15) is 6.04 Å².